The van der Waals surface area contributed by atoms with Crippen LogP contribution in [0.25, 0.3) is 0 Å². The van der Waals surface area contributed by atoms with Gasteiger partial charge in [-0.25, -0.2) is 4.79 Å². The maximum Gasteiger partial charge on any atom is 0.314 e. The molecule has 1 fully saturated rings. The Morgan fingerprint density at radius 1 is 1.40 bits per heavy atom. The van der Waals surface area contributed by atoms with E-state index in [9.17, 15) is 9.90 Å². The zero-order valence-corrected chi connectivity index (χ0v) is 13.2. The number of hydrogen-bond donors (Lipinski definition) is 3. The second-order valence-corrected chi connectivity index (χ2v) is 6.00. The molecule has 1 rings (SSSR count). The normalized spacial score (nSPS) is 22.5. The quantitative estimate of drug-likeness (QED) is 0.632. The van der Waals surface area contributed by atoms with Crippen molar-refractivity contribution in [1.29, 1.82) is 0 Å². The highest BCUT2D eigenvalue weighted by molar-refractivity contribution is 5.73. The number of aliphatic hydroxyl groups excluding tert-OH is 1. The first-order valence-corrected chi connectivity index (χ1v) is 7.98. The Morgan fingerprint density at radius 3 is 2.80 bits per heavy atom. The van der Waals surface area contributed by atoms with Gasteiger partial charge in [0, 0.05) is 19.6 Å². The lowest BCUT2D eigenvalue weighted by Crippen LogP contribution is -2.43. The number of carbonyl (C=O) groups is 1. The summed E-state index contributed by atoms with van der Waals surface area (Å²) in [6.45, 7) is 10.7. The van der Waals surface area contributed by atoms with E-state index in [1.165, 1.54) is 6.42 Å². The minimum atomic E-state index is -0.461. The Balaban J connectivity index is 2.11. The molecule has 0 aliphatic carbocycles. The van der Waals surface area contributed by atoms with Gasteiger partial charge in [-0.3, -0.25) is 0 Å². The van der Waals surface area contributed by atoms with Crippen LogP contribution < -0.4 is 10.6 Å². The van der Waals surface area contributed by atoms with Crippen LogP contribution in [0, 0.1) is 11.8 Å². The predicted octanol–water partition coefficient (Wildman–Crippen LogP) is 1.42. The SMILES string of the molecule is CCCN1CCC(CNC(=O)NCC(O)C(C)CC)C1. The first kappa shape index (κ1) is 17.2. The Morgan fingerprint density at radius 2 is 2.15 bits per heavy atom. The first-order valence-electron chi connectivity index (χ1n) is 7.98. The molecule has 1 aliphatic heterocycles. The van der Waals surface area contributed by atoms with Crippen LogP contribution in [0.3, 0.4) is 0 Å². The summed E-state index contributed by atoms with van der Waals surface area (Å²) < 4.78 is 0. The molecule has 2 amide bonds. The van der Waals surface area contributed by atoms with Gasteiger partial charge in [0.1, 0.15) is 0 Å². The molecule has 3 N–H and O–H groups in total. The van der Waals surface area contributed by atoms with Crippen molar-refractivity contribution in [2.24, 2.45) is 11.8 Å². The minimum Gasteiger partial charge on any atom is -0.391 e. The van der Waals surface area contributed by atoms with Crippen LogP contribution in [-0.4, -0.2) is 54.9 Å². The summed E-state index contributed by atoms with van der Waals surface area (Å²) in [7, 11) is 0. The lowest BCUT2D eigenvalue weighted by molar-refractivity contribution is 0.114. The van der Waals surface area contributed by atoms with Gasteiger partial charge in [0.05, 0.1) is 6.10 Å². The largest absolute Gasteiger partial charge is 0.391 e. The van der Waals surface area contributed by atoms with Crippen molar-refractivity contribution < 1.29 is 9.90 Å². The van der Waals surface area contributed by atoms with Crippen molar-refractivity contribution in [1.82, 2.24) is 15.5 Å². The fraction of sp³-hybridized carbons (Fsp3) is 0.933. The maximum absolute atomic E-state index is 11.7. The molecular weight excluding hydrogens is 254 g/mol. The molecular formula is C15H31N3O2. The minimum absolute atomic E-state index is 0.165. The van der Waals surface area contributed by atoms with Gasteiger partial charge in [-0.1, -0.05) is 27.2 Å². The Hall–Kier alpha value is -0.810. The Labute approximate surface area is 123 Å². The van der Waals surface area contributed by atoms with Gasteiger partial charge in [0.15, 0.2) is 0 Å². The molecule has 5 heteroatoms. The molecule has 1 aliphatic rings. The number of nitrogens with zero attached hydrogens (tertiary/aromatic N) is 1. The van der Waals surface area contributed by atoms with Crippen LogP contribution in [0.2, 0.25) is 0 Å². The number of hydrogen-bond acceptors (Lipinski definition) is 3. The predicted molar refractivity (Wildman–Crippen MR) is 81.7 cm³/mol. The number of urea groups is 1. The highest BCUT2D eigenvalue weighted by Gasteiger charge is 2.22. The summed E-state index contributed by atoms with van der Waals surface area (Å²) in [4.78, 5) is 14.1. The van der Waals surface area contributed by atoms with Gasteiger partial charge in [-0.05, 0) is 37.8 Å². The van der Waals surface area contributed by atoms with Gasteiger partial charge >= 0.3 is 6.03 Å². The van der Waals surface area contributed by atoms with E-state index in [1.54, 1.807) is 0 Å². The number of aliphatic hydroxyl groups is 1. The van der Waals surface area contributed by atoms with Gasteiger partial charge in [0.25, 0.3) is 0 Å². The molecule has 0 saturated carbocycles. The molecule has 3 unspecified atom stereocenters. The molecule has 3 atom stereocenters. The summed E-state index contributed by atoms with van der Waals surface area (Å²) in [5.74, 6) is 0.777. The van der Waals surface area contributed by atoms with Gasteiger partial charge in [0.2, 0.25) is 0 Å². The Kier molecular flexibility index (Phi) is 7.92. The molecule has 1 saturated heterocycles. The molecule has 0 aromatic rings. The molecule has 1 heterocycles. The topological polar surface area (TPSA) is 64.6 Å². The molecule has 0 radical (unpaired) electrons. The zero-order valence-electron chi connectivity index (χ0n) is 13.2. The summed E-state index contributed by atoms with van der Waals surface area (Å²) >= 11 is 0. The number of likely N-dealkylation sites (tertiary alicyclic amines) is 1. The summed E-state index contributed by atoms with van der Waals surface area (Å²) in [6.07, 6.45) is 2.81. The van der Waals surface area contributed by atoms with Crippen molar-refractivity contribution in [3.05, 3.63) is 0 Å². The van der Waals surface area contributed by atoms with Crippen molar-refractivity contribution in [3.63, 3.8) is 0 Å². The van der Waals surface area contributed by atoms with Crippen LogP contribution in [0.1, 0.15) is 40.0 Å². The zero-order chi connectivity index (χ0) is 15.0. The van der Waals surface area contributed by atoms with Crippen molar-refractivity contribution >= 4 is 6.03 Å². The highest BCUT2D eigenvalue weighted by atomic mass is 16.3. The fourth-order valence-corrected chi connectivity index (χ4v) is 2.57. The average molecular weight is 285 g/mol. The second kappa shape index (κ2) is 9.19. The lowest BCUT2D eigenvalue weighted by Gasteiger charge is -2.18. The van der Waals surface area contributed by atoms with Crippen molar-refractivity contribution in [2.75, 3.05) is 32.7 Å². The third-order valence-electron chi connectivity index (χ3n) is 4.23. The number of amides is 2. The van der Waals surface area contributed by atoms with Gasteiger partial charge in [-0.2, -0.15) is 0 Å². The third kappa shape index (κ3) is 6.09. The summed E-state index contributed by atoms with van der Waals surface area (Å²) in [5, 5.41) is 15.4. The molecule has 5 nitrogen and oxygen atoms in total. The maximum atomic E-state index is 11.7. The van der Waals surface area contributed by atoms with Crippen LogP contribution in [0.5, 0.6) is 0 Å². The second-order valence-electron chi connectivity index (χ2n) is 6.00. The van der Waals surface area contributed by atoms with E-state index in [0.717, 1.165) is 39.0 Å². The number of carbonyl (C=O) groups excluding carboxylic acids is 1. The summed E-state index contributed by atoms with van der Waals surface area (Å²) in [5.41, 5.74) is 0. The van der Waals surface area contributed by atoms with Gasteiger partial charge < -0.3 is 20.6 Å². The van der Waals surface area contributed by atoms with Crippen molar-refractivity contribution in [3.8, 4) is 0 Å². The van der Waals surface area contributed by atoms with E-state index < -0.39 is 6.10 Å². The molecule has 0 aromatic carbocycles. The van der Waals surface area contributed by atoms with Gasteiger partial charge in [-0.15, -0.1) is 0 Å². The highest BCUT2D eigenvalue weighted by Crippen LogP contribution is 2.15. The monoisotopic (exact) mass is 285 g/mol. The summed E-state index contributed by atoms with van der Waals surface area (Å²) in [6, 6.07) is -0.165. The van der Waals surface area contributed by atoms with E-state index in [4.69, 9.17) is 0 Å². The van der Waals surface area contributed by atoms with E-state index >= 15 is 0 Å². The lowest BCUT2D eigenvalue weighted by atomic mass is 10.0. The molecule has 0 aromatic heterocycles. The fourth-order valence-electron chi connectivity index (χ4n) is 2.57. The van der Waals surface area contributed by atoms with E-state index in [1.807, 2.05) is 13.8 Å². The van der Waals surface area contributed by atoms with Crippen molar-refractivity contribution in [2.45, 2.75) is 46.1 Å². The first-order chi connectivity index (χ1) is 9.56. The van der Waals surface area contributed by atoms with E-state index in [-0.39, 0.29) is 11.9 Å². The Bertz CT molecular complexity index is 286. The van der Waals surface area contributed by atoms with Crippen LogP contribution in [-0.2, 0) is 0 Å². The standard InChI is InChI=1S/C15H31N3O2/c1-4-7-18-8-6-13(11-18)9-16-15(20)17-10-14(19)12(3)5-2/h12-14,19H,4-11H2,1-3H3,(H2,16,17,20). The molecule has 118 valence electrons. The van der Waals surface area contributed by atoms with Crippen LogP contribution >= 0.6 is 0 Å². The van der Waals surface area contributed by atoms with E-state index in [2.05, 4.69) is 22.5 Å². The van der Waals surface area contributed by atoms with Crippen LogP contribution in [0.4, 0.5) is 4.79 Å². The molecule has 20 heavy (non-hydrogen) atoms. The third-order valence-corrected chi connectivity index (χ3v) is 4.23. The molecule has 0 bridgehead atoms. The van der Waals surface area contributed by atoms with E-state index in [0.29, 0.717) is 12.5 Å². The number of rotatable bonds is 8. The molecule has 0 spiro atoms. The number of nitrogens with one attached hydrogen (secondary N) is 2. The average Bonchev–Trinajstić information content (AvgIpc) is 2.89. The smallest absolute Gasteiger partial charge is 0.314 e. The van der Waals surface area contributed by atoms with Crippen LogP contribution in [0.15, 0.2) is 0 Å².